The first-order chi connectivity index (χ1) is 13.0. The summed E-state index contributed by atoms with van der Waals surface area (Å²) in [5, 5.41) is 0.565. The first-order valence-corrected chi connectivity index (χ1v) is 9.76. The molecule has 0 N–H and O–H groups in total. The van der Waals surface area contributed by atoms with Gasteiger partial charge >= 0.3 is 6.01 Å². The molecule has 0 spiro atoms. The zero-order valence-electron chi connectivity index (χ0n) is 14.2. The lowest BCUT2D eigenvalue weighted by atomic mass is 10.2. The number of methoxy groups -OCH3 is 1. The van der Waals surface area contributed by atoms with E-state index in [4.69, 9.17) is 21.1 Å². The third kappa shape index (κ3) is 3.29. The summed E-state index contributed by atoms with van der Waals surface area (Å²) in [6.45, 7) is 0.180. The van der Waals surface area contributed by atoms with Crippen molar-refractivity contribution in [2.45, 2.75) is 11.4 Å². The van der Waals surface area contributed by atoms with E-state index in [1.54, 1.807) is 48.5 Å². The Kier molecular flexibility index (Phi) is 4.37. The van der Waals surface area contributed by atoms with Gasteiger partial charge in [-0.15, -0.1) is 0 Å². The lowest BCUT2D eigenvalue weighted by molar-refractivity contribution is 0.377. The maximum Gasteiger partial charge on any atom is 0.327 e. The molecule has 138 valence electrons. The molecule has 0 radical (unpaired) electrons. The molecule has 2 aromatic carbocycles. The highest BCUT2D eigenvalue weighted by molar-refractivity contribution is 7.93. The van der Waals surface area contributed by atoms with Crippen LogP contribution in [-0.4, -0.2) is 25.5 Å². The van der Waals surface area contributed by atoms with Gasteiger partial charge in [-0.3, -0.25) is 0 Å². The van der Waals surface area contributed by atoms with Crippen molar-refractivity contribution >= 4 is 27.4 Å². The summed E-state index contributed by atoms with van der Waals surface area (Å²) in [6.07, 6.45) is 0. The highest BCUT2D eigenvalue weighted by Gasteiger charge is 2.36. The van der Waals surface area contributed by atoms with Crippen molar-refractivity contribution in [2.75, 3.05) is 11.4 Å². The van der Waals surface area contributed by atoms with Gasteiger partial charge in [0.2, 0.25) is 5.88 Å². The SMILES string of the molecule is COc1cc(N2Cc3ccccc3S2(=O)=O)nc(Oc2ccc(Cl)cc2)n1. The second-order valence-electron chi connectivity index (χ2n) is 5.73. The van der Waals surface area contributed by atoms with E-state index >= 15 is 0 Å². The summed E-state index contributed by atoms with van der Waals surface area (Å²) in [6, 6.07) is 14.9. The summed E-state index contributed by atoms with van der Waals surface area (Å²) >= 11 is 5.87. The number of hydrogen-bond acceptors (Lipinski definition) is 6. The number of hydrogen-bond donors (Lipinski definition) is 0. The summed E-state index contributed by atoms with van der Waals surface area (Å²) in [5.41, 5.74) is 0.704. The van der Waals surface area contributed by atoms with Crippen LogP contribution in [0, 0.1) is 0 Å². The van der Waals surface area contributed by atoms with Crippen LogP contribution in [0.25, 0.3) is 0 Å². The van der Waals surface area contributed by atoms with Gasteiger partial charge in [0.25, 0.3) is 10.0 Å². The summed E-state index contributed by atoms with van der Waals surface area (Å²) in [4.78, 5) is 8.65. The highest BCUT2D eigenvalue weighted by Crippen LogP contribution is 2.35. The Morgan fingerprint density at radius 3 is 2.52 bits per heavy atom. The number of nitrogens with zero attached hydrogens (tertiary/aromatic N) is 3. The summed E-state index contributed by atoms with van der Waals surface area (Å²) in [5.74, 6) is 0.823. The van der Waals surface area contributed by atoms with Crippen LogP contribution in [0.1, 0.15) is 5.56 Å². The van der Waals surface area contributed by atoms with E-state index in [2.05, 4.69) is 9.97 Å². The van der Waals surface area contributed by atoms with Crippen molar-refractivity contribution in [3.63, 3.8) is 0 Å². The molecule has 9 heteroatoms. The zero-order chi connectivity index (χ0) is 19.0. The first-order valence-electron chi connectivity index (χ1n) is 7.94. The minimum absolute atomic E-state index is 0.0298. The number of halogens is 1. The van der Waals surface area contributed by atoms with Gasteiger partial charge in [0.05, 0.1) is 18.6 Å². The van der Waals surface area contributed by atoms with Gasteiger partial charge in [-0.2, -0.15) is 9.97 Å². The monoisotopic (exact) mass is 403 g/mol. The molecule has 1 aliphatic heterocycles. The van der Waals surface area contributed by atoms with Crippen LogP contribution >= 0.6 is 11.6 Å². The van der Waals surface area contributed by atoms with Gasteiger partial charge in [0, 0.05) is 11.1 Å². The Bertz CT molecular complexity index is 1100. The second kappa shape index (κ2) is 6.71. The quantitative estimate of drug-likeness (QED) is 0.661. The zero-order valence-corrected chi connectivity index (χ0v) is 15.7. The average Bonchev–Trinajstić information content (AvgIpc) is 2.94. The molecule has 27 heavy (non-hydrogen) atoms. The number of benzene rings is 2. The van der Waals surface area contributed by atoms with E-state index in [0.717, 1.165) is 0 Å². The first kappa shape index (κ1) is 17.6. The summed E-state index contributed by atoms with van der Waals surface area (Å²) < 4.78 is 37.7. The molecule has 4 rings (SSSR count). The van der Waals surface area contributed by atoms with Gasteiger partial charge in [-0.05, 0) is 35.9 Å². The minimum atomic E-state index is -3.71. The predicted molar refractivity (Wildman–Crippen MR) is 99.9 cm³/mol. The lowest BCUT2D eigenvalue weighted by Gasteiger charge is -2.17. The number of anilines is 1. The molecule has 0 aliphatic carbocycles. The van der Waals surface area contributed by atoms with Gasteiger partial charge < -0.3 is 9.47 Å². The van der Waals surface area contributed by atoms with Crippen LogP contribution in [-0.2, 0) is 16.6 Å². The molecule has 0 saturated heterocycles. The normalized spacial score (nSPS) is 14.7. The van der Waals surface area contributed by atoms with E-state index in [0.29, 0.717) is 16.3 Å². The fraction of sp³-hybridized carbons (Fsp3) is 0.111. The van der Waals surface area contributed by atoms with Gasteiger partial charge in [0.1, 0.15) is 5.75 Å². The average molecular weight is 404 g/mol. The van der Waals surface area contributed by atoms with Crippen LogP contribution in [0.5, 0.6) is 17.6 Å². The molecule has 0 fully saturated rings. The molecule has 0 saturated carbocycles. The maximum absolute atomic E-state index is 12.9. The van der Waals surface area contributed by atoms with Crippen LogP contribution < -0.4 is 13.8 Å². The van der Waals surface area contributed by atoms with Crippen LogP contribution in [0.2, 0.25) is 5.02 Å². The standard InChI is InChI=1S/C18H14ClN3O4S/c1-25-17-10-16(20-18(21-17)26-14-8-6-13(19)7-9-14)22-11-12-4-2-3-5-15(12)27(22,23)24/h2-10H,11H2,1H3. The van der Waals surface area contributed by atoms with Gasteiger partial charge in [0.15, 0.2) is 5.82 Å². The summed E-state index contributed by atoms with van der Waals surface area (Å²) in [7, 11) is -2.27. The molecular formula is C18H14ClN3O4S. The third-order valence-corrected chi connectivity index (χ3v) is 6.11. The number of rotatable bonds is 4. The molecule has 0 atom stereocenters. The number of fused-ring (bicyclic) bond motifs is 1. The molecule has 7 nitrogen and oxygen atoms in total. The molecule has 0 bridgehead atoms. The largest absolute Gasteiger partial charge is 0.481 e. The Labute approximate surface area is 161 Å². The van der Waals surface area contributed by atoms with E-state index in [1.807, 2.05) is 0 Å². The maximum atomic E-state index is 12.9. The van der Waals surface area contributed by atoms with E-state index in [9.17, 15) is 8.42 Å². The minimum Gasteiger partial charge on any atom is -0.481 e. The fourth-order valence-electron chi connectivity index (χ4n) is 2.73. The third-order valence-electron chi connectivity index (χ3n) is 4.01. The Morgan fingerprint density at radius 1 is 1.07 bits per heavy atom. The number of ether oxygens (including phenoxy) is 2. The topological polar surface area (TPSA) is 81.6 Å². The number of aromatic nitrogens is 2. The Balaban J connectivity index is 1.72. The number of sulfonamides is 1. The van der Waals surface area contributed by atoms with Crippen molar-refractivity contribution in [2.24, 2.45) is 0 Å². The highest BCUT2D eigenvalue weighted by atomic mass is 35.5. The van der Waals surface area contributed by atoms with Crippen molar-refractivity contribution in [3.05, 3.63) is 65.2 Å². The molecule has 3 aromatic rings. The smallest absolute Gasteiger partial charge is 0.327 e. The molecule has 2 heterocycles. The van der Waals surface area contributed by atoms with Crippen molar-refractivity contribution in [3.8, 4) is 17.6 Å². The predicted octanol–water partition coefficient (Wildman–Crippen LogP) is 3.64. The molecule has 0 amide bonds. The molecular weight excluding hydrogens is 390 g/mol. The van der Waals surface area contributed by atoms with Crippen LogP contribution in [0.15, 0.2) is 59.5 Å². The van der Waals surface area contributed by atoms with E-state index in [1.165, 1.54) is 17.5 Å². The Morgan fingerprint density at radius 2 is 1.81 bits per heavy atom. The van der Waals surface area contributed by atoms with Crippen molar-refractivity contribution in [1.29, 1.82) is 0 Å². The van der Waals surface area contributed by atoms with Gasteiger partial charge in [-0.25, -0.2) is 12.7 Å². The van der Waals surface area contributed by atoms with Crippen molar-refractivity contribution in [1.82, 2.24) is 9.97 Å². The second-order valence-corrected chi connectivity index (χ2v) is 7.99. The fourth-order valence-corrected chi connectivity index (χ4v) is 4.45. The molecule has 1 aliphatic rings. The van der Waals surface area contributed by atoms with Crippen LogP contribution in [0.3, 0.4) is 0 Å². The van der Waals surface area contributed by atoms with Crippen LogP contribution in [0.4, 0.5) is 5.82 Å². The van der Waals surface area contributed by atoms with Gasteiger partial charge in [-0.1, -0.05) is 29.8 Å². The molecule has 1 aromatic heterocycles. The Hall–Kier alpha value is -2.84. The van der Waals surface area contributed by atoms with E-state index < -0.39 is 10.0 Å². The lowest BCUT2D eigenvalue weighted by Crippen LogP contribution is -2.25. The van der Waals surface area contributed by atoms with E-state index in [-0.39, 0.29) is 29.1 Å². The van der Waals surface area contributed by atoms with Crippen molar-refractivity contribution < 1.29 is 17.9 Å². The molecule has 0 unspecified atom stereocenters.